The smallest absolute Gasteiger partial charge is 0.196 e. The minimum absolute atomic E-state index is 0.0123. The fourth-order valence-electron chi connectivity index (χ4n) is 3.55. The standard InChI is InChI=1S/C24H21ClN2O2/c1-14-11-18(16(3)27-21-13-26-10-9-20(21)25)24-19(12-14)22(28)15(2)23(29-24)17-7-5-4-6-8-17/h4-13,16,27H,1-3H3/t16-/m1/s1. The van der Waals surface area contributed by atoms with Crippen LogP contribution in [-0.2, 0) is 0 Å². The molecular formula is C24H21ClN2O2. The van der Waals surface area contributed by atoms with E-state index in [4.69, 9.17) is 16.0 Å². The predicted octanol–water partition coefficient (Wildman–Crippen LogP) is 6.30. The summed E-state index contributed by atoms with van der Waals surface area (Å²) in [4.78, 5) is 17.3. The molecule has 0 saturated heterocycles. The summed E-state index contributed by atoms with van der Waals surface area (Å²) in [5, 5.41) is 4.56. The van der Waals surface area contributed by atoms with Gasteiger partial charge in [-0.05, 0) is 38.5 Å². The molecule has 0 aliphatic carbocycles. The number of rotatable bonds is 4. The fourth-order valence-corrected chi connectivity index (χ4v) is 3.71. The van der Waals surface area contributed by atoms with Crippen LogP contribution in [0.3, 0.4) is 0 Å². The molecule has 0 aliphatic heterocycles. The number of nitrogens with one attached hydrogen (secondary N) is 1. The van der Waals surface area contributed by atoms with Gasteiger partial charge in [-0.15, -0.1) is 0 Å². The molecule has 0 spiro atoms. The second-order valence-corrected chi connectivity index (χ2v) is 7.61. The van der Waals surface area contributed by atoms with Gasteiger partial charge in [0, 0.05) is 22.9 Å². The van der Waals surface area contributed by atoms with E-state index in [1.165, 1.54) is 0 Å². The Morgan fingerprint density at radius 3 is 2.59 bits per heavy atom. The summed E-state index contributed by atoms with van der Waals surface area (Å²) in [7, 11) is 0. The van der Waals surface area contributed by atoms with E-state index in [0.29, 0.717) is 27.3 Å². The number of pyridine rings is 1. The average Bonchev–Trinajstić information content (AvgIpc) is 2.72. The van der Waals surface area contributed by atoms with Gasteiger partial charge in [-0.2, -0.15) is 0 Å². The van der Waals surface area contributed by atoms with E-state index in [-0.39, 0.29) is 11.5 Å². The number of aryl methyl sites for hydroxylation is 1. The lowest BCUT2D eigenvalue weighted by Gasteiger charge is -2.19. The van der Waals surface area contributed by atoms with Gasteiger partial charge in [-0.25, -0.2) is 0 Å². The topological polar surface area (TPSA) is 55.1 Å². The van der Waals surface area contributed by atoms with Crippen LogP contribution in [0.5, 0.6) is 0 Å². The van der Waals surface area contributed by atoms with E-state index in [9.17, 15) is 4.79 Å². The Kier molecular flexibility index (Phi) is 5.12. The number of anilines is 1. The van der Waals surface area contributed by atoms with E-state index in [1.807, 2.05) is 63.2 Å². The van der Waals surface area contributed by atoms with E-state index in [2.05, 4.69) is 10.3 Å². The van der Waals surface area contributed by atoms with Crippen LogP contribution in [0.1, 0.15) is 29.7 Å². The quantitative estimate of drug-likeness (QED) is 0.433. The maximum atomic E-state index is 13.2. The molecule has 0 radical (unpaired) electrons. The monoisotopic (exact) mass is 404 g/mol. The molecule has 4 aromatic rings. The van der Waals surface area contributed by atoms with E-state index < -0.39 is 0 Å². The van der Waals surface area contributed by atoms with Crippen molar-refractivity contribution in [3.05, 3.63) is 92.9 Å². The van der Waals surface area contributed by atoms with Crippen LogP contribution < -0.4 is 10.7 Å². The third-order valence-electron chi connectivity index (χ3n) is 5.03. The van der Waals surface area contributed by atoms with Gasteiger partial charge in [-0.3, -0.25) is 9.78 Å². The largest absolute Gasteiger partial charge is 0.455 e. The van der Waals surface area contributed by atoms with Crippen LogP contribution in [0, 0.1) is 13.8 Å². The molecule has 0 bridgehead atoms. The summed E-state index contributed by atoms with van der Waals surface area (Å²) in [6.07, 6.45) is 3.33. The lowest BCUT2D eigenvalue weighted by Crippen LogP contribution is -2.12. The van der Waals surface area contributed by atoms with Gasteiger partial charge >= 0.3 is 0 Å². The third kappa shape index (κ3) is 3.64. The van der Waals surface area contributed by atoms with Crippen molar-refractivity contribution < 1.29 is 4.42 Å². The van der Waals surface area contributed by atoms with Crippen LogP contribution in [0.4, 0.5) is 5.69 Å². The van der Waals surface area contributed by atoms with Crippen molar-refractivity contribution in [1.82, 2.24) is 4.98 Å². The van der Waals surface area contributed by atoms with Gasteiger partial charge in [0.2, 0.25) is 0 Å². The Morgan fingerprint density at radius 2 is 1.86 bits per heavy atom. The average molecular weight is 405 g/mol. The van der Waals surface area contributed by atoms with Crippen molar-refractivity contribution in [3.63, 3.8) is 0 Å². The summed E-state index contributed by atoms with van der Waals surface area (Å²) >= 11 is 6.28. The number of halogens is 1. The maximum Gasteiger partial charge on any atom is 0.196 e. The lowest BCUT2D eigenvalue weighted by atomic mass is 9.99. The Balaban J connectivity index is 1.91. The number of aromatic nitrogens is 1. The van der Waals surface area contributed by atoms with Gasteiger partial charge in [0.25, 0.3) is 0 Å². The molecule has 2 aromatic heterocycles. The predicted molar refractivity (Wildman–Crippen MR) is 119 cm³/mol. The molecule has 0 unspecified atom stereocenters. The first-order valence-corrected chi connectivity index (χ1v) is 9.83. The van der Waals surface area contributed by atoms with Gasteiger partial charge < -0.3 is 9.73 Å². The summed E-state index contributed by atoms with van der Waals surface area (Å²) in [5.41, 5.74) is 4.69. The molecule has 1 N–H and O–H groups in total. The second kappa shape index (κ2) is 7.72. The second-order valence-electron chi connectivity index (χ2n) is 7.20. The number of fused-ring (bicyclic) bond motifs is 1. The highest BCUT2D eigenvalue weighted by atomic mass is 35.5. The van der Waals surface area contributed by atoms with Gasteiger partial charge in [0.15, 0.2) is 5.43 Å². The Bertz CT molecular complexity index is 1250. The van der Waals surface area contributed by atoms with Gasteiger partial charge in [0.05, 0.1) is 28.3 Å². The zero-order valence-corrected chi connectivity index (χ0v) is 17.2. The molecule has 0 saturated carbocycles. The minimum Gasteiger partial charge on any atom is -0.455 e. The van der Waals surface area contributed by atoms with Crippen LogP contribution in [0.25, 0.3) is 22.3 Å². The van der Waals surface area contributed by atoms with E-state index in [1.54, 1.807) is 18.5 Å². The highest BCUT2D eigenvalue weighted by Crippen LogP contribution is 2.33. The molecule has 2 aromatic carbocycles. The first kappa shape index (κ1) is 19.2. The Labute approximate surface area is 174 Å². The van der Waals surface area contributed by atoms with Crippen molar-refractivity contribution in [2.45, 2.75) is 26.8 Å². The van der Waals surface area contributed by atoms with Crippen LogP contribution in [0.15, 0.2) is 70.1 Å². The minimum atomic E-state index is -0.145. The highest BCUT2D eigenvalue weighted by molar-refractivity contribution is 6.33. The summed E-state index contributed by atoms with van der Waals surface area (Å²) in [5.74, 6) is 0.597. The number of hydrogen-bond donors (Lipinski definition) is 1. The molecular weight excluding hydrogens is 384 g/mol. The molecule has 2 heterocycles. The molecule has 0 fully saturated rings. The van der Waals surface area contributed by atoms with Crippen LogP contribution >= 0.6 is 11.6 Å². The van der Waals surface area contributed by atoms with Gasteiger partial charge in [-0.1, -0.05) is 48.0 Å². The molecule has 146 valence electrons. The van der Waals surface area contributed by atoms with Crippen molar-refractivity contribution in [3.8, 4) is 11.3 Å². The normalized spacial score (nSPS) is 12.1. The number of nitrogens with zero attached hydrogens (tertiary/aromatic N) is 1. The summed E-state index contributed by atoms with van der Waals surface area (Å²) < 4.78 is 6.35. The first-order chi connectivity index (χ1) is 14.0. The number of benzene rings is 2. The zero-order valence-electron chi connectivity index (χ0n) is 16.5. The fraction of sp³-hybridized carbons (Fsp3) is 0.167. The van der Waals surface area contributed by atoms with Crippen molar-refractivity contribution in [2.24, 2.45) is 0 Å². The van der Waals surface area contributed by atoms with Gasteiger partial charge in [0.1, 0.15) is 11.3 Å². The molecule has 0 amide bonds. The third-order valence-corrected chi connectivity index (χ3v) is 5.36. The van der Waals surface area contributed by atoms with Crippen molar-refractivity contribution in [2.75, 3.05) is 5.32 Å². The SMILES string of the molecule is Cc1cc([C@@H](C)Nc2cnccc2Cl)c2oc(-c3ccccc3)c(C)c(=O)c2c1. The molecule has 0 aliphatic rings. The summed E-state index contributed by atoms with van der Waals surface area (Å²) in [6, 6.07) is 15.2. The van der Waals surface area contributed by atoms with Crippen LogP contribution in [0.2, 0.25) is 5.02 Å². The number of hydrogen-bond acceptors (Lipinski definition) is 4. The summed E-state index contributed by atoms with van der Waals surface area (Å²) in [6.45, 7) is 5.80. The first-order valence-electron chi connectivity index (χ1n) is 9.45. The lowest BCUT2D eigenvalue weighted by molar-refractivity contribution is 0.605. The molecule has 5 heteroatoms. The highest BCUT2D eigenvalue weighted by Gasteiger charge is 2.19. The molecule has 29 heavy (non-hydrogen) atoms. The van der Waals surface area contributed by atoms with Crippen molar-refractivity contribution >= 4 is 28.3 Å². The maximum absolute atomic E-state index is 13.2. The Morgan fingerprint density at radius 1 is 1.10 bits per heavy atom. The Hall–Kier alpha value is -3.11. The molecule has 4 nitrogen and oxygen atoms in total. The molecule has 4 rings (SSSR count). The van der Waals surface area contributed by atoms with Crippen molar-refractivity contribution in [1.29, 1.82) is 0 Å². The van der Waals surface area contributed by atoms with Crippen LogP contribution in [-0.4, -0.2) is 4.98 Å². The zero-order chi connectivity index (χ0) is 20.5. The van der Waals surface area contributed by atoms with E-state index in [0.717, 1.165) is 22.4 Å². The molecule has 1 atom stereocenters. The van der Waals surface area contributed by atoms with E-state index >= 15 is 0 Å².